The topological polar surface area (TPSA) is 91.6 Å². The summed E-state index contributed by atoms with van der Waals surface area (Å²) >= 11 is 5.29. The Balaban J connectivity index is 1.77. The molecule has 0 atom stereocenters. The van der Waals surface area contributed by atoms with Gasteiger partial charge in [0.05, 0.1) is 11.3 Å². The fraction of sp³-hybridized carbons (Fsp3) is 0.0833. The molecule has 160 valence electrons. The van der Waals surface area contributed by atoms with Gasteiger partial charge in [-0.1, -0.05) is 18.2 Å². The monoisotopic (exact) mass is 445 g/mol. The average molecular weight is 446 g/mol. The Kier molecular flexibility index (Phi) is 5.46. The van der Waals surface area contributed by atoms with Gasteiger partial charge in [-0.3, -0.25) is 19.8 Å². The van der Waals surface area contributed by atoms with Crippen LogP contribution in [-0.4, -0.2) is 32.6 Å². The van der Waals surface area contributed by atoms with E-state index < -0.39 is 17.8 Å². The summed E-state index contributed by atoms with van der Waals surface area (Å²) in [6, 6.07) is 15.5. The van der Waals surface area contributed by atoms with Crippen molar-refractivity contribution in [2.45, 2.75) is 13.8 Å². The number of anilines is 1. The van der Waals surface area contributed by atoms with Crippen LogP contribution in [0.25, 0.3) is 11.8 Å². The average Bonchev–Trinajstić information content (AvgIpc) is 3.22. The van der Waals surface area contributed by atoms with Gasteiger partial charge in [-0.2, -0.15) is 0 Å². The highest BCUT2D eigenvalue weighted by Crippen LogP contribution is 2.27. The highest BCUT2D eigenvalue weighted by atomic mass is 32.1. The molecule has 0 saturated carbocycles. The van der Waals surface area contributed by atoms with Crippen molar-refractivity contribution in [2.75, 3.05) is 4.90 Å². The summed E-state index contributed by atoms with van der Waals surface area (Å²) in [6.45, 7) is 3.78. The largest absolute Gasteiger partial charge is 0.478 e. The van der Waals surface area contributed by atoms with E-state index in [4.69, 9.17) is 12.2 Å². The molecule has 7 nitrogen and oxygen atoms in total. The standard InChI is InChI=1S/C24H19N3O4S/c1-14-8-9-15(2)20(11-14)27-22(29)19(21(28)25-24(27)32)13-18-7-4-10-26(18)17-6-3-5-16(12-17)23(30)31/h3-13H,1-2H3,(H,30,31)(H,25,28,32). The van der Waals surface area contributed by atoms with Gasteiger partial charge >= 0.3 is 5.97 Å². The van der Waals surface area contributed by atoms with E-state index in [0.29, 0.717) is 17.1 Å². The Morgan fingerprint density at radius 1 is 1.06 bits per heavy atom. The van der Waals surface area contributed by atoms with Crippen molar-refractivity contribution >= 4 is 46.9 Å². The molecule has 0 spiro atoms. The van der Waals surface area contributed by atoms with E-state index in [1.54, 1.807) is 35.0 Å². The van der Waals surface area contributed by atoms with Crippen LogP contribution in [0, 0.1) is 13.8 Å². The van der Waals surface area contributed by atoms with Gasteiger partial charge < -0.3 is 9.67 Å². The van der Waals surface area contributed by atoms with Gasteiger partial charge in [0.2, 0.25) is 0 Å². The molecule has 0 bridgehead atoms. The van der Waals surface area contributed by atoms with E-state index in [-0.39, 0.29) is 16.2 Å². The number of amides is 2. The predicted molar refractivity (Wildman–Crippen MR) is 125 cm³/mol. The lowest BCUT2D eigenvalue weighted by Crippen LogP contribution is -2.54. The van der Waals surface area contributed by atoms with Crippen molar-refractivity contribution in [1.82, 2.24) is 9.88 Å². The first kappa shape index (κ1) is 21.2. The number of thiocarbonyl (C=S) groups is 1. The number of benzene rings is 2. The van der Waals surface area contributed by atoms with E-state index in [9.17, 15) is 19.5 Å². The fourth-order valence-electron chi connectivity index (χ4n) is 3.52. The molecule has 2 amide bonds. The minimum absolute atomic E-state index is 0.0235. The molecule has 0 unspecified atom stereocenters. The zero-order valence-electron chi connectivity index (χ0n) is 17.3. The summed E-state index contributed by atoms with van der Waals surface area (Å²) in [4.78, 5) is 38.7. The number of carboxylic acids is 1. The molecular weight excluding hydrogens is 426 g/mol. The van der Waals surface area contributed by atoms with Gasteiger partial charge in [0.15, 0.2) is 5.11 Å². The summed E-state index contributed by atoms with van der Waals surface area (Å²) < 4.78 is 1.70. The van der Waals surface area contributed by atoms with E-state index in [1.165, 1.54) is 23.1 Å². The Labute approximate surface area is 189 Å². The number of carbonyl (C=O) groups excluding carboxylic acids is 2. The first-order chi connectivity index (χ1) is 15.3. The van der Waals surface area contributed by atoms with Gasteiger partial charge in [-0.25, -0.2) is 4.79 Å². The highest BCUT2D eigenvalue weighted by molar-refractivity contribution is 7.80. The summed E-state index contributed by atoms with van der Waals surface area (Å²) in [5.74, 6) is -2.16. The normalized spacial score (nSPS) is 15.2. The summed E-state index contributed by atoms with van der Waals surface area (Å²) in [7, 11) is 0. The molecule has 3 aromatic rings. The lowest BCUT2D eigenvalue weighted by Gasteiger charge is -2.30. The number of hydrogen-bond donors (Lipinski definition) is 2. The number of aromatic nitrogens is 1. The molecule has 1 saturated heterocycles. The minimum Gasteiger partial charge on any atom is -0.478 e. The number of carboxylic acid groups (broad SMARTS) is 1. The molecule has 4 rings (SSSR count). The quantitative estimate of drug-likeness (QED) is 0.364. The van der Waals surface area contributed by atoms with Crippen LogP contribution in [0.15, 0.2) is 66.4 Å². The first-order valence-electron chi connectivity index (χ1n) is 9.76. The molecule has 2 aromatic carbocycles. The van der Waals surface area contributed by atoms with Crippen molar-refractivity contribution < 1.29 is 19.5 Å². The molecule has 8 heteroatoms. The molecule has 0 aliphatic carbocycles. The molecule has 1 fully saturated rings. The highest BCUT2D eigenvalue weighted by Gasteiger charge is 2.35. The van der Waals surface area contributed by atoms with Crippen molar-refractivity contribution in [1.29, 1.82) is 0 Å². The van der Waals surface area contributed by atoms with Crippen LogP contribution >= 0.6 is 12.2 Å². The maximum atomic E-state index is 13.4. The van der Waals surface area contributed by atoms with Crippen LogP contribution in [0.5, 0.6) is 0 Å². The number of nitrogens with one attached hydrogen (secondary N) is 1. The third kappa shape index (κ3) is 3.83. The molecule has 1 aliphatic rings. The SMILES string of the molecule is Cc1ccc(C)c(N2C(=O)C(=Cc3cccn3-c3cccc(C(=O)O)c3)C(=O)NC2=S)c1. The van der Waals surface area contributed by atoms with Crippen LogP contribution in [-0.2, 0) is 9.59 Å². The Bertz CT molecular complexity index is 1320. The minimum atomic E-state index is -1.04. The zero-order chi connectivity index (χ0) is 23.0. The third-order valence-corrected chi connectivity index (χ3v) is 5.44. The zero-order valence-corrected chi connectivity index (χ0v) is 18.1. The number of aromatic carboxylic acids is 1. The Morgan fingerprint density at radius 2 is 1.84 bits per heavy atom. The second kappa shape index (κ2) is 8.24. The van der Waals surface area contributed by atoms with Crippen LogP contribution in [0.1, 0.15) is 27.2 Å². The number of aryl methyl sites for hydroxylation is 2. The maximum Gasteiger partial charge on any atom is 0.335 e. The van der Waals surface area contributed by atoms with Crippen molar-refractivity contribution in [3.8, 4) is 5.69 Å². The van der Waals surface area contributed by atoms with E-state index in [0.717, 1.165) is 11.1 Å². The van der Waals surface area contributed by atoms with Crippen molar-refractivity contribution in [3.05, 3.63) is 88.8 Å². The first-order valence-corrected chi connectivity index (χ1v) is 10.2. The van der Waals surface area contributed by atoms with Gasteiger partial charge in [-0.15, -0.1) is 0 Å². The maximum absolute atomic E-state index is 13.4. The molecule has 1 aromatic heterocycles. The van der Waals surface area contributed by atoms with Crippen LogP contribution in [0.2, 0.25) is 0 Å². The smallest absolute Gasteiger partial charge is 0.335 e. The van der Waals surface area contributed by atoms with Gasteiger partial charge in [0.1, 0.15) is 5.57 Å². The van der Waals surface area contributed by atoms with Gasteiger partial charge in [0.25, 0.3) is 11.8 Å². The van der Waals surface area contributed by atoms with E-state index in [2.05, 4.69) is 5.32 Å². The molecule has 1 aliphatic heterocycles. The summed E-state index contributed by atoms with van der Waals surface area (Å²) in [5.41, 5.74) is 3.59. The van der Waals surface area contributed by atoms with Crippen LogP contribution < -0.4 is 10.2 Å². The Hall–Kier alpha value is -4.04. The molecule has 2 heterocycles. The molecule has 2 N–H and O–H groups in total. The third-order valence-electron chi connectivity index (χ3n) is 5.15. The van der Waals surface area contributed by atoms with Gasteiger partial charge in [0, 0.05) is 17.6 Å². The number of hydrogen-bond acceptors (Lipinski definition) is 4. The number of nitrogens with zero attached hydrogens (tertiary/aromatic N) is 2. The van der Waals surface area contributed by atoms with Crippen molar-refractivity contribution in [3.63, 3.8) is 0 Å². The predicted octanol–water partition coefficient (Wildman–Crippen LogP) is 3.62. The molecule has 0 radical (unpaired) electrons. The summed E-state index contributed by atoms with van der Waals surface area (Å²) in [6.07, 6.45) is 3.21. The molecular formula is C24H19N3O4S. The fourth-order valence-corrected chi connectivity index (χ4v) is 3.79. The van der Waals surface area contributed by atoms with Gasteiger partial charge in [-0.05, 0) is 79.7 Å². The number of carbonyl (C=O) groups is 3. The second-order valence-corrected chi connectivity index (χ2v) is 7.79. The van der Waals surface area contributed by atoms with Crippen molar-refractivity contribution in [2.24, 2.45) is 0 Å². The summed E-state index contributed by atoms with van der Waals surface area (Å²) in [5, 5.41) is 11.9. The molecule has 32 heavy (non-hydrogen) atoms. The Morgan fingerprint density at radius 3 is 2.59 bits per heavy atom. The second-order valence-electron chi connectivity index (χ2n) is 7.41. The van der Waals surface area contributed by atoms with Crippen LogP contribution in [0.4, 0.5) is 5.69 Å². The lowest BCUT2D eigenvalue weighted by molar-refractivity contribution is -0.122. The number of rotatable bonds is 4. The lowest BCUT2D eigenvalue weighted by atomic mass is 10.1. The van der Waals surface area contributed by atoms with Crippen LogP contribution in [0.3, 0.4) is 0 Å². The van der Waals surface area contributed by atoms with E-state index >= 15 is 0 Å². The van der Waals surface area contributed by atoms with E-state index in [1.807, 2.05) is 32.0 Å².